The second-order valence-electron chi connectivity index (χ2n) is 2.49. The first-order chi connectivity index (χ1) is 5.24. The van der Waals surface area contributed by atoms with Crippen molar-refractivity contribution in [2.45, 2.75) is 6.92 Å². The summed E-state index contributed by atoms with van der Waals surface area (Å²) in [6.45, 7) is 2.07. The number of carbonyl (C=O) groups is 1. The molecule has 0 aromatic heterocycles. The number of aryl methyl sites for hydroxylation is 1. The zero-order valence-corrected chi connectivity index (χ0v) is 8.62. The van der Waals surface area contributed by atoms with Crippen LogP contribution in [0.3, 0.4) is 0 Å². The summed E-state index contributed by atoms with van der Waals surface area (Å²) in [6.07, 6.45) is 0. The molecule has 0 aliphatic rings. The largest absolute Gasteiger partial charge is 0.324 e. The summed E-state index contributed by atoms with van der Waals surface area (Å²) in [4.78, 5) is 11.0. The molecule has 0 aliphatic heterocycles. The molecule has 3 heteroatoms. The first-order valence-corrected chi connectivity index (χ1v) is 3.54. The fourth-order valence-electron chi connectivity index (χ4n) is 0.857. The Hall–Kier alpha value is -0.670. The molecule has 0 atom stereocenters. The van der Waals surface area contributed by atoms with E-state index >= 15 is 0 Å². The van der Waals surface area contributed by atoms with Gasteiger partial charge in [-0.2, -0.15) is 0 Å². The van der Waals surface area contributed by atoms with E-state index in [-0.39, 0.29) is 29.3 Å². The van der Waals surface area contributed by atoms with Gasteiger partial charge in [0, 0.05) is 5.56 Å². The summed E-state index contributed by atoms with van der Waals surface area (Å²) in [7, 11) is 0. The van der Waals surface area contributed by atoms with Gasteiger partial charge in [-0.1, -0.05) is 29.8 Å². The second kappa shape index (κ2) is 5.06. The van der Waals surface area contributed by atoms with Gasteiger partial charge in [-0.15, -0.1) is 17.0 Å². The molecule has 0 bridgehead atoms. The number of hydrogen-bond acceptors (Lipinski definition) is 2. The number of Topliss-reactive ketones (excluding diaryl/α,β-unsaturated/α-hetero) is 1. The van der Waals surface area contributed by atoms with Gasteiger partial charge in [0.05, 0.1) is 6.54 Å². The molecule has 0 radical (unpaired) electrons. The molecule has 0 aliphatic carbocycles. The van der Waals surface area contributed by atoms with Crippen LogP contribution >= 0.6 is 17.0 Å². The molecular formula is C9H12BrNO. The Bertz CT molecular complexity index is 256. The van der Waals surface area contributed by atoms with Crippen LogP contribution in [0.5, 0.6) is 0 Å². The lowest BCUT2D eigenvalue weighted by molar-refractivity contribution is 0.100. The SMILES string of the molecule is Br.Cc1ccc(C(=O)CN)cc1. The maximum Gasteiger partial charge on any atom is 0.176 e. The molecule has 66 valence electrons. The summed E-state index contributed by atoms with van der Waals surface area (Å²) in [5.41, 5.74) is 7.04. The highest BCUT2D eigenvalue weighted by Gasteiger charge is 2.00. The van der Waals surface area contributed by atoms with Gasteiger partial charge in [-0.25, -0.2) is 0 Å². The van der Waals surface area contributed by atoms with Gasteiger partial charge in [0.25, 0.3) is 0 Å². The maximum atomic E-state index is 11.0. The molecule has 0 amide bonds. The van der Waals surface area contributed by atoms with Gasteiger partial charge in [-0.3, -0.25) is 4.79 Å². The van der Waals surface area contributed by atoms with Gasteiger partial charge in [0.1, 0.15) is 0 Å². The smallest absolute Gasteiger partial charge is 0.176 e. The van der Waals surface area contributed by atoms with Crippen molar-refractivity contribution in [1.29, 1.82) is 0 Å². The molecule has 0 fully saturated rings. The lowest BCUT2D eigenvalue weighted by atomic mass is 10.1. The third-order valence-electron chi connectivity index (χ3n) is 1.56. The molecule has 1 rings (SSSR count). The molecular weight excluding hydrogens is 218 g/mol. The second-order valence-corrected chi connectivity index (χ2v) is 2.49. The van der Waals surface area contributed by atoms with E-state index in [4.69, 9.17) is 5.73 Å². The van der Waals surface area contributed by atoms with Gasteiger partial charge in [0.15, 0.2) is 5.78 Å². The first kappa shape index (κ1) is 11.3. The van der Waals surface area contributed by atoms with Gasteiger partial charge in [0.2, 0.25) is 0 Å². The minimum atomic E-state index is -0.00926. The van der Waals surface area contributed by atoms with Crippen molar-refractivity contribution in [2.24, 2.45) is 5.73 Å². The van der Waals surface area contributed by atoms with E-state index in [1.165, 1.54) is 0 Å². The van der Waals surface area contributed by atoms with Crippen molar-refractivity contribution in [3.05, 3.63) is 35.4 Å². The number of hydrogen-bond donors (Lipinski definition) is 1. The molecule has 0 heterocycles. The third-order valence-corrected chi connectivity index (χ3v) is 1.56. The number of halogens is 1. The predicted octanol–water partition coefficient (Wildman–Crippen LogP) is 1.71. The predicted molar refractivity (Wildman–Crippen MR) is 54.9 cm³/mol. The van der Waals surface area contributed by atoms with Crippen molar-refractivity contribution in [3.8, 4) is 0 Å². The quantitative estimate of drug-likeness (QED) is 0.786. The van der Waals surface area contributed by atoms with Crippen LogP contribution in [-0.4, -0.2) is 12.3 Å². The number of rotatable bonds is 2. The molecule has 0 saturated heterocycles. The van der Waals surface area contributed by atoms with Crippen LogP contribution in [0.25, 0.3) is 0 Å². The van der Waals surface area contributed by atoms with Crippen LogP contribution in [0.15, 0.2) is 24.3 Å². The van der Waals surface area contributed by atoms with Crippen molar-refractivity contribution >= 4 is 22.8 Å². The average Bonchev–Trinajstić information content (AvgIpc) is 2.05. The molecule has 0 saturated carbocycles. The van der Waals surface area contributed by atoms with E-state index in [1.54, 1.807) is 12.1 Å². The molecule has 0 spiro atoms. The minimum absolute atomic E-state index is 0. The van der Waals surface area contributed by atoms with Crippen molar-refractivity contribution in [1.82, 2.24) is 0 Å². The van der Waals surface area contributed by atoms with E-state index in [1.807, 2.05) is 19.1 Å². The van der Waals surface area contributed by atoms with Crippen LogP contribution in [-0.2, 0) is 0 Å². The Kier molecular flexibility index (Phi) is 4.78. The van der Waals surface area contributed by atoms with E-state index in [0.717, 1.165) is 5.56 Å². The summed E-state index contributed by atoms with van der Waals surface area (Å²) in [6, 6.07) is 7.40. The monoisotopic (exact) mass is 229 g/mol. The summed E-state index contributed by atoms with van der Waals surface area (Å²) < 4.78 is 0. The van der Waals surface area contributed by atoms with Crippen LogP contribution < -0.4 is 5.73 Å². The van der Waals surface area contributed by atoms with Crippen LogP contribution in [0, 0.1) is 6.92 Å². The van der Waals surface area contributed by atoms with Crippen molar-refractivity contribution < 1.29 is 4.79 Å². The van der Waals surface area contributed by atoms with E-state index < -0.39 is 0 Å². The van der Waals surface area contributed by atoms with Crippen LogP contribution in [0.2, 0.25) is 0 Å². The number of benzene rings is 1. The Morgan fingerprint density at radius 1 is 1.33 bits per heavy atom. The van der Waals surface area contributed by atoms with E-state index in [9.17, 15) is 4.79 Å². The van der Waals surface area contributed by atoms with E-state index in [0.29, 0.717) is 5.56 Å². The summed E-state index contributed by atoms with van der Waals surface area (Å²) in [5.74, 6) is -0.00926. The lowest BCUT2D eigenvalue weighted by Gasteiger charge is -1.96. The lowest BCUT2D eigenvalue weighted by Crippen LogP contribution is -2.13. The Balaban J connectivity index is 0.00000121. The summed E-state index contributed by atoms with van der Waals surface area (Å²) in [5, 5.41) is 0. The third kappa shape index (κ3) is 2.75. The zero-order chi connectivity index (χ0) is 8.27. The Labute approximate surface area is 82.5 Å². The van der Waals surface area contributed by atoms with Crippen molar-refractivity contribution in [2.75, 3.05) is 6.54 Å². The number of carbonyl (C=O) groups excluding carboxylic acids is 1. The molecule has 12 heavy (non-hydrogen) atoms. The van der Waals surface area contributed by atoms with E-state index in [2.05, 4.69) is 0 Å². The molecule has 0 unspecified atom stereocenters. The topological polar surface area (TPSA) is 43.1 Å². The Morgan fingerprint density at radius 3 is 2.25 bits per heavy atom. The molecule has 2 nitrogen and oxygen atoms in total. The first-order valence-electron chi connectivity index (χ1n) is 3.54. The molecule has 2 N–H and O–H groups in total. The van der Waals surface area contributed by atoms with Gasteiger partial charge >= 0.3 is 0 Å². The van der Waals surface area contributed by atoms with Crippen LogP contribution in [0.4, 0.5) is 0 Å². The fraction of sp³-hybridized carbons (Fsp3) is 0.222. The highest BCUT2D eigenvalue weighted by molar-refractivity contribution is 8.93. The highest BCUT2D eigenvalue weighted by Crippen LogP contribution is 2.02. The highest BCUT2D eigenvalue weighted by atomic mass is 79.9. The van der Waals surface area contributed by atoms with Crippen LogP contribution in [0.1, 0.15) is 15.9 Å². The fourth-order valence-corrected chi connectivity index (χ4v) is 0.857. The normalized spacial score (nSPS) is 8.83. The zero-order valence-electron chi connectivity index (χ0n) is 6.91. The number of nitrogens with two attached hydrogens (primary N) is 1. The minimum Gasteiger partial charge on any atom is -0.324 e. The standard InChI is InChI=1S/C9H11NO.BrH/c1-7-2-4-8(5-3-7)9(11)6-10;/h2-5H,6,10H2,1H3;1H. The molecule has 1 aromatic carbocycles. The van der Waals surface area contributed by atoms with Gasteiger partial charge < -0.3 is 5.73 Å². The van der Waals surface area contributed by atoms with Gasteiger partial charge in [-0.05, 0) is 6.92 Å². The average molecular weight is 230 g/mol. The number of ketones is 1. The summed E-state index contributed by atoms with van der Waals surface area (Å²) >= 11 is 0. The molecule has 1 aromatic rings. The maximum absolute atomic E-state index is 11.0. The Morgan fingerprint density at radius 2 is 1.83 bits per heavy atom. The van der Waals surface area contributed by atoms with Crippen molar-refractivity contribution in [3.63, 3.8) is 0 Å².